The van der Waals surface area contributed by atoms with Crippen LogP contribution in [0.5, 0.6) is 0 Å². The van der Waals surface area contributed by atoms with Gasteiger partial charge in [0.25, 0.3) is 0 Å². The largest absolute Gasteiger partial charge is 0.323 e. The lowest BCUT2D eigenvalue weighted by Crippen LogP contribution is -2.19. The normalized spacial score (nSPS) is 13.2. The third kappa shape index (κ3) is 4.48. The summed E-state index contributed by atoms with van der Waals surface area (Å²) in [6.07, 6.45) is 0. The Kier molecular flexibility index (Phi) is 5.10. The van der Waals surface area contributed by atoms with E-state index in [1.807, 2.05) is 12.1 Å². The average Bonchev–Trinajstić information content (AvgIpc) is 3.06. The molecule has 0 saturated heterocycles. The van der Waals surface area contributed by atoms with Gasteiger partial charge in [0.1, 0.15) is 0 Å². The first-order valence-corrected chi connectivity index (χ1v) is 9.25. The van der Waals surface area contributed by atoms with E-state index >= 15 is 0 Å². The van der Waals surface area contributed by atoms with Crippen molar-refractivity contribution in [2.75, 3.05) is 10.6 Å². The number of urea groups is 1. The predicted octanol–water partition coefficient (Wildman–Crippen LogP) is 5.50. The van der Waals surface area contributed by atoms with Gasteiger partial charge in [0.15, 0.2) is 0 Å². The highest BCUT2D eigenvalue weighted by Gasteiger charge is 2.19. The van der Waals surface area contributed by atoms with Crippen molar-refractivity contribution in [3.05, 3.63) is 94.5 Å². The number of amides is 2. The fraction of sp³-hybridized carbons (Fsp3) is 0.136. The Morgan fingerprint density at radius 1 is 0.852 bits per heavy atom. The summed E-state index contributed by atoms with van der Waals surface area (Å²) in [7, 11) is 0. The minimum Gasteiger partial charge on any atom is -0.308 e. The maximum atomic E-state index is 12.2. The highest BCUT2D eigenvalue weighted by Crippen LogP contribution is 2.27. The van der Waals surface area contributed by atoms with Crippen LogP contribution >= 0.6 is 11.6 Å². The molecular formula is C22H20ClN3O. The molecule has 0 unspecified atom stereocenters. The second-order valence-electron chi connectivity index (χ2n) is 6.70. The van der Waals surface area contributed by atoms with Gasteiger partial charge in [0.2, 0.25) is 0 Å². The van der Waals surface area contributed by atoms with Crippen LogP contribution in [0.1, 0.15) is 16.7 Å². The van der Waals surface area contributed by atoms with Gasteiger partial charge in [-0.15, -0.1) is 0 Å². The summed E-state index contributed by atoms with van der Waals surface area (Å²) < 4.78 is 0. The summed E-state index contributed by atoms with van der Waals surface area (Å²) in [5.41, 5.74) is 5.38. The molecule has 0 bridgehead atoms. The molecule has 5 heteroatoms. The number of nitrogens with zero attached hydrogens (tertiary/aromatic N) is 1. The third-order valence-electron chi connectivity index (χ3n) is 4.60. The molecule has 2 amide bonds. The van der Waals surface area contributed by atoms with Crippen molar-refractivity contribution >= 4 is 29.0 Å². The van der Waals surface area contributed by atoms with Crippen molar-refractivity contribution in [1.82, 2.24) is 4.90 Å². The van der Waals surface area contributed by atoms with Crippen LogP contribution in [-0.2, 0) is 19.6 Å². The summed E-state index contributed by atoms with van der Waals surface area (Å²) in [4.78, 5) is 14.6. The third-order valence-corrected chi connectivity index (χ3v) is 4.86. The monoisotopic (exact) mass is 377 g/mol. The molecular weight excluding hydrogens is 358 g/mol. The summed E-state index contributed by atoms with van der Waals surface area (Å²) in [6, 6.07) is 23.3. The lowest BCUT2D eigenvalue weighted by atomic mass is 10.1. The first kappa shape index (κ1) is 17.6. The molecule has 4 nitrogen and oxygen atoms in total. The van der Waals surface area contributed by atoms with Crippen LogP contribution in [0.2, 0.25) is 5.02 Å². The molecule has 4 rings (SSSR count). The van der Waals surface area contributed by atoms with Crippen molar-refractivity contribution in [2.24, 2.45) is 0 Å². The van der Waals surface area contributed by atoms with Gasteiger partial charge < -0.3 is 10.6 Å². The summed E-state index contributed by atoms with van der Waals surface area (Å²) in [6.45, 7) is 2.75. The van der Waals surface area contributed by atoms with Gasteiger partial charge in [-0.1, -0.05) is 48.0 Å². The molecule has 1 aliphatic rings. The smallest absolute Gasteiger partial charge is 0.308 e. The van der Waals surface area contributed by atoms with Crippen molar-refractivity contribution < 1.29 is 4.79 Å². The van der Waals surface area contributed by atoms with E-state index in [1.165, 1.54) is 16.7 Å². The van der Waals surface area contributed by atoms with Crippen LogP contribution in [0, 0.1) is 0 Å². The van der Waals surface area contributed by atoms with Gasteiger partial charge in [-0.25, -0.2) is 4.79 Å². The first-order valence-electron chi connectivity index (χ1n) is 8.87. The Balaban J connectivity index is 1.37. The molecule has 136 valence electrons. The quantitative estimate of drug-likeness (QED) is 0.630. The Bertz CT molecular complexity index is 942. The molecule has 0 radical (unpaired) electrons. The van der Waals surface area contributed by atoms with E-state index in [1.54, 1.807) is 24.3 Å². The van der Waals surface area contributed by atoms with Crippen LogP contribution in [0.25, 0.3) is 0 Å². The summed E-state index contributed by atoms with van der Waals surface area (Å²) in [5, 5.41) is 6.34. The zero-order valence-corrected chi connectivity index (χ0v) is 15.5. The van der Waals surface area contributed by atoms with Crippen LogP contribution in [0.15, 0.2) is 72.8 Å². The first-order chi connectivity index (χ1) is 13.2. The lowest BCUT2D eigenvalue weighted by Gasteiger charge is -2.14. The zero-order valence-electron chi connectivity index (χ0n) is 14.8. The van der Waals surface area contributed by atoms with E-state index in [9.17, 15) is 4.79 Å². The molecule has 1 aliphatic heterocycles. The average molecular weight is 378 g/mol. The molecule has 0 fully saturated rings. The predicted molar refractivity (Wildman–Crippen MR) is 110 cm³/mol. The minimum atomic E-state index is -0.267. The molecule has 2 N–H and O–H groups in total. The van der Waals surface area contributed by atoms with Gasteiger partial charge in [0, 0.05) is 36.0 Å². The molecule has 1 heterocycles. The van der Waals surface area contributed by atoms with E-state index in [0.29, 0.717) is 10.7 Å². The summed E-state index contributed by atoms with van der Waals surface area (Å²) in [5.74, 6) is 0. The highest BCUT2D eigenvalue weighted by molar-refractivity contribution is 6.30. The highest BCUT2D eigenvalue weighted by atomic mass is 35.5. The lowest BCUT2D eigenvalue weighted by molar-refractivity contribution is 0.262. The van der Waals surface area contributed by atoms with Gasteiger partial charge in [0.05, 0.1) is 0 Å². The number of benzene rings is 3. The number of anilines is 2. The van der Waals surface area contributed by atoms with Crippen molar-refractivity contribution in [3.8, 4) is 0 Å². The number of hydrogen-bond donors (Lipinski definition) is 2. The van der Waals surface area contributed by atoms with Crippen molar-refractivity contribution in [3.63, 3.8) is 0 Å². The molecule has 27 heavy (non-hydrogen) atoms. The van der Waals surface area contributed by atoms with Crippen LogP contribution in [0.3, 0.4) is 0 Å². The molecule has 0 aliphatic carbocycles. The number of carbonyl (C=O) groups is 1. The number of rotatable bonds is 4. The zero-order chi connectivity index (χ0) is 18.6. The Morgan fingerprint density at radius 3 is 2.30 bits per heavy atom. The fourth-order valence-corrected chi connectivity index (χ4v) is 3.45. The maximum absolute atomic E-state index is 12.2. The molecule has 0 saturated carbocycles. The van der Waals surface area contributed by atoms with E-state index in [4.69, 9.17) is 11.6 Å². The number of carbonyl (C=O) groups excluding carboxylic acids is 1. The number of nitrogens with one attached hydrogen (secondary N) is 2. The molecule has 0 aromatic heterocycles. The molecule has 0 spiro atoms. The Hall–Kier alpha value is -2.82. The Labute approximate surface area is 163 Å². The number of hydrogen-bond acceptors (Lipinski definition) is 2. The number of fused-ring (bicyclic) bond motifs is 1. The second-order valence-corrected chi connectivity index (χ2v) is 7.14. The topological polar surface area (TPSA) is 44.4 Å². The molecule has 0 atom stereocenters. The van der Waals surface area contributed by atoms with E-state index in [2.05, 4.69) is 51.9 Å². The van der Waals surface area contributed by atoms with Crippen LogP contribution < -0.4 is 10.6 Å². The molecule has 3 aromatic rings. The van der Waals surface area contributed by atoms with Gasteiger partial charge >= 0.3 is 6.03 Å². The maximum Gasteiger partial charge on any atom is 0.323 e. The van der Waals surface area contributed by atoms with E-state index in [0.717, 1.165) is 25.3 Å². The van der Waals surface area contributed by atoms with Crippen molar-refractivity contribution in [2.45, 2.75) is 19.6 Å². The van der Waals surface area contributed by atoms with Crippen LogP contribution in [-0.4, -0.2) is 10.9 Å². The van der Waals surface area contributed by atoms with Crippen LogP contribution in [0.4, 0.5) is 16.2 Å². The van der Waals surface area contributed by atoms with E-state index < -0.39 is 0 Å². The van der Waals surface area contributed by atoms with E-state index in [-0.39, 0.29) is 6.03 Å². The van der Waals surface area contributed by atoms with Crippen molar-refractivity contribution in [1.29, 1.82) is 0 Å². The van der Waals surface area contributed by atoms with Gasteiger partial charge in [-0.2, -0.15) is 0 Å². The minimum absolute atomic E-state index is 0.267. The fourth-order valence-electron chi connectivity index (χ4n) is 3.32. The standard InChI is InChI=1S/C22H20ClN3O/c23-19-7-10-20(11-8-19)24-22(27)25-21-9-6-17-14-26(15-18(17)12-21)13-16-4-2-1-3-5-16/h1-12H,13-15H2,(H2,24,25,27). The molecule has 3 aromatic carbocycles. The summed E-state index contributed by atoms with van der Waals surface area (Å²) >= 11 is 5.86. The van der Waals surface area contributed by atoms with Gasteiger partial charge in [-0.05, 0) is 53.1 Å². The Morgan fingerprint density at radius 2 is 1.52 bits per heavy atom. The SMILES string of the molecule is O=C(Nc1ccc(Cl)cc1)Nc1ccc2c(c1)CN(Cc1ccccc1)C2. The number of halogens is 1. The van der Waals surface area contributed by atoms with Gasteiger partial charge in [-0.3, -0.25) is 4.90 Å². The second kappa shape index (κ2) is 7.82.